The predicted molar refractivity (Wildman–Crippen MR) is 112 cm³/mol. The van der Waals surface area contributed by atoms with Gasteiger partial charge in [-0.2, -0.15) is 0 Å². The fourth-order valence-electron chi connectivity index (χ4n) is 3.17. The maximum absolute atomic E-state index is 12.4. The molecule has 154 valence electrons. The molecule has 0 saturated carbocycles. The van der Waals surface area contributed by atoms with Gasteiger partial charge in [0, 0.05) is 23.4 Å². The second kappa shape index (κ2) is 9.93. The van der Waals surface area contributed by atoms with Crippen molar-refractivity contribution in [1.82, 2.24) is 10.2 Å². The monoisotopic (exact) mass is 397 g/mol. The Labute approximate surface area is 171 Å². The molecule has 2 N–H and O–H groups in total. The zero-order chi connectivity index (χ0) is 20.6. The molecule has 1 aliphatic heterocycles. The Morgan fingerprint density at radius 2 is 1.79 bits per heavy atom. The Kier molecular flexibility index (Phi) is 7.08. The van der Waals surface area contributed by atoms with Crippen LogP contribution in [0.5, 0.6) is 11.5 Å². The summed E-state index contributed by atoms with van der Waals surface area (Å²) >= 11 is 0. The van der Waals surface area contributed by atoms with Crippen LogP contribution in [0.3, 0.4) is 0 Å². The van der Waals surface area contributed by atoms with Gasteiger partial charge in [-0.1, -0.05) is 6.07 Å². The van der Waals surface area contributed by atoms with Crippen molar-refractivity contribution >= 4 is 17.5 Å². The molecule has 2 aromatic rings. The molecule has 0 spiro atoms. The molecular weight excluding hydrogens is 370 g/mol. The van der Waals surface area contributed by atoms with Crippen LogP contribution < -0.4 is 20.1 Å². The number of amides is 2. The van der Waals surface area contributed by atoms with Crippen LogP contribution in [-0.2, 0) is 4.79 Å². The molecule has 3 rings (SSSR count). The molecule has 7 nitrogen and oxygen atoms in total. The first-order valence-corrected chi connectivity index (χ1v) is 9.69. The summed E-state index contributed by atoms with van der Waals surface area (Å²) in [5, 5.41) is 5.83. The number of nitrogens with zero attached hydrogens (tertiary/aromatic N) is 1. The maximum atomic E-state index is 12.4. The lowest BCUT2D eigenvalue weighted by molar-refractivity contribution is -0.118. The van der Waals surface area contributed by atoms with Gasteiger partial charge in [0.15, 0.2) is 6.61 Å². The second-order valence-corrected chi connectivity index (χ2v) is 7.14. The van der Waals surface area contributed by atoms with Crippen molar-refractivity contribution < 1.29 is 19.1 Å². The summed E-state index contributed by atoms with van der Waals surface area (Å²) in [6.07, 6.45) is 1.93. The van der Waals surface area contributed by atoms with Crippen LogP contribution in [0.2, 0.25) is 0 Å². The van der Waals surface area contributed by atoms with E-state index in [4.69, 9.17) is 9.47 Å². The second-order valence-electron chi connectivity index (χ2n) is 7.14. The van der Waals surface area contributed by atoms with Crippen molar-refractivity contribution in [2.24, 2.45) is 0 Å². The van der Waals surface area contributed by atoms with Crippen molar-refractivity contribution in [2.45, 2.75) is 18.9 Å². The van der Waals surface area contributed by atoms with Crippen LogP contribution in [0.1, 0.15) is 23.2 Å². The first kappa shape index (κ1) is 20.7. The van der Waals surface area contributed by atoms with Gasteiger partial charge in [-0.15, -0.1) is 0 Å². The fraction of sp³-hybridized carbons (Fsp3) is 0.364. The van der Waals surface area contributed by atoms with Crippen LogP contribution >= 0.6 is 0 Å². The molecule has 29 heavy (non-hydrogen) atoms. The van der Waals surface area contributed by atoms with E-state index in [0.29, 0.717) is 22.7 Å². The Hall–Kier alpha value is -3.06. The number of hydrogen-bond donors (Lipinski definition) is 2. The summed E-state index contributed by atoms with van der Waals surface area (Å²) in [6.45, 7) is 1.86. The maximum Gasteiger partial charge on any atom is 0.262 e. The van der Waals surface area contributed by atoms with Crippen LogP contribution in [0, 0.1) is 0 Å². The van der Waals surface area contributed by atoms with Gasteiger partial charge in [0.25, 0.3) is 11.8 Å². The van der Waals surface area contributed by atoms with Gasteiger partial charge in [0.1, 0.15) is 11.5 Å². The molecule has 2 aromatic carbocycles. The highest BCUT2D eigenvalue weighted by Crippen LogP contribution is 2.17. The molecule has 0 atom stereocenters. The fourth-order valence-corrected chi connectivity index (χ4v) is 3.17. The average molecular weight is 397 g/mol. The standard InChI is InChI=1S/C22H27N3O4/c1-25-12-10-17(11-13-25)24-22(27)16-6-8-19(9-7-16)29-15-21(26)23-18-4-3-5-20(14-18)28-2/h3-9,14,17H,10-13,15H2,1-2H3,(H,23,26)(H,24,27). The van der Waals surface area contributed by atoms with E-state index in [1.54, 1.807) is 55.6 Å². The molecule has 0 aromatic heterocycles. The van der Waals surface area contributed by atoms with Crippen molar-refractivity contribution in [3.8, 4) is 11.5 Å². The summed E-state index contributed by atoms with van der Waals surface area (Å²) < 4.78 is 10.6. The van der Waals surface area contributed by atoms with Gasteiger partial charge >= 0.3 is 0 Å². The summed E-state index contributed by atoms with van der Waals surface area (Å²) in [7, 11) is 3.66. The molecule has 1 saturated heterocycles. The number of methoxy groups -OCH3 is 1. The van der Waals surface area contributed by atoms with Gasteiger partial charge in [0.2, 0.25) is 0 Å². The summed E-state index contributed by atoms with van der Waals surface area (Å²) in [6, 6.07) is 14.1. The minimum absolute atomic E-state index is 0.0816. The Bertz CT molecular complexity index is 830. The number of benzene rings is 2. The summed E-state index contributed by atoms with van der Waals surface area (Å²) in [5.74, 6) is 0.837. The van der Waals surface area contributed by atoms with Crippen LogP contribution in [0.25, 0.3) is 0 Å². The van der Waals surface area contributed by atoms with Crippen LogP contribution in [0.4, 0.5) is 5.69 Å². The normalized spacial score (nSPS) is 14.8. The van der Waals surface area contributed by atoms with Crippen LogP contribution in [-0.4, -0.2) is 56.6 Å². The van der Waals surface area contributed by atoms with E-state index in [2.05, 4.69) is 22.6 Å². The zero-order valence-electron chi connectivity index (χ0n) is 16.8. The number of piperidine rings is 1. The SMILES string of the molecule is COc1cccc(NC(=O)COc2ccc(C(=O)NC3CCN(C)CC3)cc2)c1. The number of carbonyl (C=O) groups excluding carboxylic acids is 2. The van der Waals surface area contributed by atoms with E-state index in [1.807, 2.05) is 0 Å². The van der Waals surface area contributed by atoms with Gasteiger partial charge < -0.3 is 25.0 Å². The smallest absolute Gasteiger partial charge is 0.262 e. The number of nitrogens with one attached hydrogen (secondary N) is 2. The number of ether oxygens (including phenoxy) is 2. The third kappa shape index (κ3) is 6.22. The van der Waals surface area contributed by atoms with Crippen molar-refractivity contribution in [3.05, 3.63) is 54.1 Å². The van der Waals surface area contributed by atoms with E-state index in [1.165, 1.54) is 0 Å². The lowest BCUT2D eigenvalue weighted by Gasteiger charge is -2.29. The number of carbonyl (C=O) groups is 2. The van der Waals surface area contributed by atoms with Crippen molar-refractivity contribution in [2.75, 3.05) is 39.2 Å². The molecule has 7 heteroatoms. The van der Waals surface area contributed by atoms with E-state index in [-0.39, 0.29) is 24.5 Å². The lowest BCUT2D eigenvalue weighted by atomic mass is 10.0. The van der Waals surface area contributed by atoms with Crippen molar-refractivity contribution in [1.29, 1.82) is 0 Å². The highest BCUT2D eigenvalue weighted by molar-refractivity contribution is 5.94. The summed E-state index contributed by atoms with van der Waals surface area (Å²) in [5.41, 5.74) is 1.22. The van der Waals surface area contributed by atoms with Gasteiger partial charge in [0.05, 0.1) is 7.11 Å². The molecule has 1 aliphatic rings. The quantitative estimate of drug-likeness (QED) is 0.751. The highest BCUT2D eigenvalue weighted by Gasteiger charge is 2.19. The minimum atomic E-state index is -0.276. The third-order valence-electron chi connectivity index (χ3n) is 4.89. The van der Waals surface area contributed by atoms with Gasteiger partial charge in [-0.05, 0) is 69.4 Å². The molecular formula is C22H27N3O4. The molecule has 0 radical (unpaired) electrons. The number of likely N-dealkylation sites (tertiary alicyclic amines) is 1. The van der Waals surface area contributed by atoms with Crippen molar-refractivity contribution in [3.63, 3.8) is 0 Å². The first-order valence-electron chi connectivity index (χ1n) is 9.69. The Morgan fingerprint density at radius 3 is 2.48 bits per heavy atom. The van der Waals surface area contributed by atoms with Gasteiger partial charge in [-0.3, -0.25) is 9.59 Å². The molecule has 0 unspecified atom stereocenters. The van der Waals surface area contributed by atoms with E-state index < -0.39 is 0 Å². The number of rotatable bonds is 7. The molecule has 2 amide bonds. The third-order valence-corrected chi connectivity index (χ3v) is 4.89. The zero-order valence-corrected chi connectivity index (χ0v) is 16.8. The Balaban J connectivity index is 1.46. The molecule has 0 bridgehead atoms. The first-order chi connectivity index (χ1) is 14.0. The minimum Gasteiger partial charge on any atom is -0.497 e. The molecule has 0 aliphatic carbocycles. The van der Waals surface area contributed by atoms with Crippen LogP contribution in [0.15, 0.2) is 48.5 Å². The van der Waals surface area contributed by atoms with E-state index >= 15 is 0 Å². The number of anilines is 1. The van der Waals surface area contributed by atoms with E-state index in [9.17, 15) is 9.59 Å². The van der Waals surface area contributed by atoms with Gasteiger partial charge in [-0.25, -0.2) is 0 Å². The number of hydrogen-bond acceptors (Lipinski definition) is 5. The molecule has 1 fully saturated rings. The van der Waals surface area contributed by atoms with E-state index in [0.717, 1.165) is 25.9 Å². The lowest BCUT2D eigenvalue weighted by Crippen LogP contribution is -2.43. The molecule has 1 heterocycles. The summed E-state index contributed by atoms with van der Waals surface area (Å²) in [4.78, 5) is 26.7. The topological polar surface area (TPSA) is 79.9 Å². The Morgan fingerprint density at radius 1 is 1.07 bits per heavy atom. The predicted octanol–water partition coefficient (Wildman–Crippen LogP) is 2.54. The highest BCUT2D eigenvalue weighted by atomic mass is 16.5. The average Bonchev–Trinajstić information content (AvgIpc) is 2.74. The largest absolute Gasteiger partial charge is 0.497 e.